The molecule has 0 aliphatic heterocycles. The highest BCUT2D eigenvalue weighted by Gasteiger charge is 2.29. The molecule has 1 saturated carbocycles. The highest BCUT2D eigenvalue weighted by molar-refractivity contribution is 5.79. The van der Waals surface area contributed by atoms with Crippen molar-refractivity contribution in [3.63, 3.8) is 0 Å². The Morgan fingerprint density at radius 2 is 2.07 bits per heavy atom. The van der Waals surface area contributed by atoms with Crippen molar-refractivity contribution in [3.05, 3.63) is 0 Å². The molecule has 0 radical (unpaired) electrons. The molecule has 3 nitrogen and oxygen atoms in total. The van der Waals surface area contributed by atoms with Gasteiger partial charge in [0.1, 0.15) is 0 Å². The Labute approximate surface area is 85.9 Å². The number of amides is 1. The Kier molecular flexibility index (Phi) is 3.93. The van der Waals surface area contributed by atoms with Gasteiger partial charge in [0.25, 0.3) is 0 Å². The van der Waals surface area contributed by atoms with E-state index < -0.39 is 5.54 Å². The van der Waals surface area contributed by atoms with Crippen molar-refractivity contribution in [2.75, 3.05) is 6.61 Å². The van der Waals surface area contributed by atoms with Crippen LogP contribution in [0.1, 0.15) is 46.0 Å². The van der Waals surface area contributed by atoms with Crippen molar-refractivity contribution in [2.24, 2.45) is 5.92 Å². The Balaban J connectivity index is 2.45. The molecular weight excluding hydrogens is 178 g/mol. The first kappa shape index (κ1) is 11.5. The van der Waals surface area contributed by atoms with Crippen LogP contribution in [0.2, 0.25) is 0 Å². The second kappa shape index (κ2) is 4.78. The van der Waals surface area contributed by atoms with E-state index in [1.807, 2.05) is 13.8 Å². The van der Waals surface area contributed by atoms with Crippen molar-refractivity contribution in [1.82, 2.24) is 5.32 Å². The van der Waals surface area contributed by atoms with E-state index in [4.69, 9.17) is 5.11 Å². The predicted molar refractivity (Wildman–Crippen MR) is 55.9 cm³/mol. The summed E-state index contributed by atoms with van der Waals surface area (Å²) in [5.41, 5.74) is -0.431. The van der Waals surface area contributed by atoms with Crippen molar-refractivity contribution in [2.45, 2.75) is 51.5 Å². The van der Waals surface area contributed by atoms with Gasteiger partial charge in [0.2, 0.25) is 5.91 Å². The van der Waals surface area contributed by atoms with Crippen molar-refractivity contribution in [3.8, 4) is 0 Å². The van der Waals surface area contributed by atoms with Crippen LogP contribution in [0.4, 0.5) is 0 Å². The summed E-state index contributed by atoms with van der Waals surface area (Å²) in [7, 11) is 0. The number of rotatable bonds is 4. The van der Waals surface area contributed by atoms with Gasteiger partial charge in [-0.3, -0.25) is 4.79 Å². The van der Waals surface area contributed by atoms with Crippen molar-refractivity contribution < 1.29 is 9.90 Å². The van der Waals surface area contributed by atoms with Crippen LogP contribution in [0.25, 0.3) is 0 Å². The fourth-order valence-corrected chi connectivity index (χ4v) is 1.83. The molecule has 1 rings (SSSR count). The summed E-state index contributed by atoms with van der Waals surface area (Å²) < 4.78 is 0. The molecule has 2 N–H and O–H groups in total. The maximum Gasteiger partial charge on any atom is 0.223 e. The van der Waals surface area contributed by atoms with E-state index in [0.717, 1.165) is 19.3 Å². The quantitative estimate of drug-likeness (QED) is 0.720. The predicted octanol–water partition coefficient (Wildman–Crippen LogP) is 1.45. The SMILES string of the molecule is CCC(C)(CO)NC(=O)C1CCCC1. The number of carbonyl (C=O) groups is 1. The summed E-state index contributed by atoms with van der Waals surface area (Å²) in [6.45, 7) is 3.88. The van der Waals surface area contributed by atoms with Gasteiger partial charge in [-0.25, -0.2) is 0 Å². The molecular formula is C11H21NO2. The lowest BCUT2D eigenvalue weighted by molar-refractivity contribution is -0.127. The van der Waals surface area contributed by atoms with Crippen LogP contribution in [-0.2, 0) is 4.79 Å². The maximum atomic E-state index is 11.8. The van der Waals surface area contributed by atoms with Crippen LogP contribution in [-0.4, -0.2) is 23.2 Å². The van der Waals surface area contributed by atoms with E-state index in [9.17, 15) is 4.79 Å². The molecule has 1 unspecified atom stereocenters. The van der Waals surface area contributed by atoms with E-state index in [2.05, 4.69) is 5.32 Å². The van der Waals surface area contributed by atoms with Gasteiger partial charge < -0.3 is 10.4 Å². The molecule has 0 bridgehead atoms. The van der Waals surface area contributed by atoms with Gasteiger partial charge in [0.05, 0.1) is 12.1 Å². The topological polar surface area (TPSA) is 49.3 Å². The molecule has 1 fully saturated rings. The second-order valence-corrected chi connectivity index (χ2v) is 4.54. The molecule has 1 aliphatic carbocycles. The lowest BCUT2D eigenvalue weighted by Gasteiger charge is -2.28. The largest absolute Gasteiger partial charge is 0.394 e. The first-order valence-electron chi connectivity index (χ1n) is 5.54. The molecule has 3 heteroatoms. The van der Waals surface area contributed by atoms with E-state index >= 15 is 0 Å². The molecule has 14 heavy (non-hydrogen) atoms. The van der Waals surface area contributed by atoms with E-state index in [1.54, 1.807) is 0 Å². The van der Waals surface area contributed by atoms with Gasteiger partial charge in [-0.15, -0.1) is 0 Å². The zero-order chi connectivity index (χ0) is 10.6. The standard InChI is InChI=1S/C11H21NO2/c1-3-11(2,8-13)12-10(14)9-6-4-5-7-9/h9,13H,3-8H2,1-2H3,(H,12,14). The number of aliphatic hydroxyl groups is 1. The molecule has 0 heterocycles. The number of carbonyl (C=O) groups excluding carboxylic acids is 1. The summed E-state index contributed by atoms with van der Waals surface area (Å²) >= 11 is 0. The third kappa shape index (κ3) is 2.71. The van der Waals surface area contributed by atoms with Crippen LogP contribution in [0.15, 0.2) is 0 Å². The zero-order valence-electron chi connectivity index (χ0n) is 9.18. The minimum atomic E-state index is -0.431. The summed E-state index contributed by atoms with van der Waals surface area (Å²) in [4.78, 5) is 11.8. The first-order chi connectivity index (χ1) is 6.61. The minimum absolute atomic E-state index is 0.0158. The lowest BCUT2D eigenvalue weighted by atomic mass is 9.98. The lowest BCUT2D eigenvalue weighted by Crippen LogP contribution is -2.50. The van der Waals surface area contributed by atoms with Crippen LogP contribution in [0.5, 0.6) is 0 Å². The molecule has 1 aliphatic rings. The van der Waals surface area contributed by atoms with Gasteiger partial charge in [0, 0.05) is 5.92 Å². The molecule has 0 aromatic rings. The van der Waals surface area contributed by atoms with Crippen molar-refractivity contribution >= 4 is 5.91 Å². The van der Waals surface area contributed by atoms with Gasteiger partial charge in [-0.1, -0.05) is 19.8 Å². The zero-order valence-corrected chi connectivity index (χ0v) is 9.18. The summed E-state index contributed by atoms with van der Waals surface area (Å²) in [6, 6.07) is 0. The average molecular weight is 199 g/mol. The van der Waals surface area contributed by atoms with E-state index in [1.165, 1.54) is 12.8 Å². The Morgan fingerprint density at radius 1 is 1.50 bits per heavy atom. The van der Waals surface area contributed by atoms with Crippen LogP contribution in [0.3, 0.4) is 0 Å². The highest BCUT2D eigenvalue weighted by atomic mass is 16.3. The summed E-state index contributed by atoms with van der Waals surface area (Å²) in [5.74, 6) is 0.313. The smallest absolute Gasteiger partial charge is 0.223 e. The molecule has 0 spiro atoms. The Hall–Kier alpha value is -0.570. The normalized spacial score (nSPS) is 21.9. The van der Waals surface area contributed by atoms with Gasteiger partial charge in [-0.2, -0.15) is 0 Å². The molecule has 0 saturated heterocycles. The first-order valence-corrected chi connectivity index (χ1v) is 5.54. The minimum Gasteiger partial charge on any atom is -0.394 e. The van der Waals surface area contributed by atoms with E-state index in [-0.39, 0.29) is 18.4 Å². The Morgan fingerprint density at radius 3 is 2.50 bits per heavy atom. The molecule has 0 aromatic carbocycles. The number of nitrogens with one attached hydrogen (secondary N) is 1. The van der Waals surface area contributed by atoms with Crippen LogP contribution < -0.4 is 5.32 Å². The monoisotopic (exact) mass is 199 g/mol. The molecule has 1 amide bonds. The number of hydrogen-bond donors (Lipinski definition) is 2. The van der Waals surface area contributed by atoms with Gasteiger partial charge >= 0.3 is 0 Å². The highest BCUT2D eigenvalue weighted by Crippen LogP contribution is 2.25. The van der Waals surface area contributed by atoms with Gasteiger partial charge in [-0.05, 0) is 26.2 Å². The Bertz CT molecular complexity index is 193. The fraction of sp³-hybridized carbons (Fsp3) is 0.909. The van der Waals surface area contributed by atoms with Crippen LogP contribution in [0, 0.1) is 5.92 Å². The van der Waals surface area contributed by atoms with Gasteiger partial charge in [0.15, 0.2) is 0 Å². The summed E-state index contributed by atoms with van der Waals surface area (Å²) in [6.07, 6.45) is 5.12. The third-order valence-corrected chi connectivity index (χ3v) is 3.28. The van der Waals surface area contributed by atoms with Crippen LogP contribution >= 0.6 is 0 Å². The number of hydrogen-bond acceptors (Lipinski definition) is 2. The maximum absolute atomic E-state index is 11.8. The molecule has 82 valence electrons. The molecule has 0 aromatic heterocycles. The number of aliphatic hydroxyl groups excluding tert-OH is 1. The molecule has 1 atom stereocenters. The second-order valence-electron chi connectivity index (χ2n) is 4.54. The van der Waals surface area contributed by atoms with Crippen molar-refractivity contribution in [1.29, 1.82) is 0 Å². The third-order valence-electron chi connectivity index (χ3n) is 3.28. The summed E-state index contributed by atoms with van der Waals surface area (Å²) in [5, 5.41) is 12.1. The fourth-order valence-electron chi connectivity index (χ4n) is 1.83. The van der Waals surface area contributed by atoms with E-state index in [0.29, 0.717) is 0 Å². The average Bonchev–Trinajstić information content (AvgIpc) is 2.70.